The molecule has 0 amide bonds. The summed E-state index contributed by atoms with van der Waals surface area (Å²) in [6.07, 6.45) is 0. The van der Waals surface area contributed by atoms with Gasteiger partial charge in [-0.05, 0) is 59.2 Å². The Morgan fingerprint density at radius 1 is 0.383 bits per heavy atom. The molecule has 0 unspecified atom stereocenters. The number of aromatic nitrogens is 3. The van der Waals surface area contributed by atoms with Crippen LogP contribution in [-0.4, -0.2) is 15.0 Å². The standard InChI is InChI=1S/C55H33N3OS/c1-3-14-34(15-4-1)35-26-28-36(29-27-35)47-33-48(58-55(57-47)37-16-5-2-6-17-37)39-30-38(41-21-13-22-43-42-18-8-11-24-49(42)59-53(41)43)31-40(32-39)52-54-51(44-19-7-10-23-46(44)56-52)45-20-9-12-25-50(45)60-54/h1-33H. The van der Waals surface area contributed by atoms with Gasteiger partial charge in [0.1, 0.15) is 11.2 Å². The first-order valence-electron chi connectivity index (χ1n) is 20.1. The van der Waals surface area contributed by atoms with Crippen molar-refractivity contribution in [3.63, 3.8) is 0 Å². The Hall–Kier alpha value is -7.73. The van der Waals surface area contributed by atoms with Gasteiger partial charge in [0.2, 0.25) is 0 Å². The minimum Gasteiger partial charge on any atom is -0.455 e. The molecule has 0 bridgehead atoms. The SMILES string of the molecule is c1ccc(-c2ccc(-c3cc(-c4cc(-c5cccc6c5oc5ccccc56)cc(-c5nc6ccccc6c6c5sc5ccccc56)c4)nc(-c4ccccc4)n3)cc2)cc1. The van der Waals surface area contributed by atoms with E-state index in [-0.39, 0.29) is 0 Å². The van der Waals surface area contributed by atoms with Crippen LogP contribution in [0.15, 0.2) is 205 Å². The number of nitrogens with zero attached hydrogens (tertiary/aromatic N) is 3. The summed E-state index contributed by atoms with van der Waals surface area (Å²) in [7, 11) is 0. The molecule has 8 aromatic carbocycles. The van der Waals surface area contributed by atoms with Crippen LogP contribution in [0, 0.1) is 0 Å². The summed E-state index contributed by atoms with van der Waals surface area (Å²) in [6.45, 7) is 0. The molecular weight excluding hydrogens is 751 g/mol. The van der Waals surface area contributed by atoms with Crippen LogP contribution >= 0.6 is 11.3 Å². The molecule has 0 saturated heterocycles. The van der Waals surface area contributed by atoms with Crippen molar-refractivity contribution in [3.8, 4) is 67.4 Å². The van der Waals surface area contributed by atoms with Gasteiger partial charge in [0.05, 0.1) is 27.3 Å². The molecule has 0 spiro atoms. The summed E-state index contributed by atoms with van der Waals surface area (Å²) in [5.41, 5.74) is 13.6. The fraction of sp³-hybridized carbons (Fsp3) is 0. The fourth-order valence-electron chi connectivity index (χ4n) is 8.59. The topological polar surface area (TPSA) is 51.8 Å². The maximum atomic E-state index is 6.65. The zero-order valence-electron chi connectivity index (χ0n) is 32.2. The Balaban J connectivity index is 1.13. The number of hydrogen-bond acceptors (Lipinski definition) is 5. The van der Waals surface area contributed by atoms with Gasteiger partial charge in [-0.25, -0.2) is 15.0 Å². The van der Waals surface area contributed by atoms with Crippen LogP contribution in [-0.2, 0) is 0 Å². The highest BCUT2D eigenvalue weighted by Crippen LogP contribution is 2.45. The first-order chi connectivity index (χ1) is 29.7. The van der Waals surface area contributed by atoms with Gasteiger partial charge in [-0.2, -0.15) is 0 Å². The van der Waals surface area contributed by atoms with E-state index in [1.165, 1.54) is 21.0 Å². The normalized spacial score (nSPS) is 11.7. The van der Waals surface area contributed by atoms with Gasteiger partial charge in [0.25, 0.3) is 0 Å². The van der Waals surface area contributed by atoms with Crippen molar-refractivity contribution in [2.45, 2.75) is 0 Å². The molecule has 280 valence electrons. The van der Waals surface area contributed by atoms with E-state index in [1.54, 1.807) is 11.3 Å². The average molecular weight is 784 g/mol. The molecule has 0 atom stereocenters. The number of fused-ring (bicyclic) bond motifs is 8. The van der Waals surface area contributed by atoms with Crippen LogP contribution < -0.4 is 0 Å². The molecule has 60 heavy (non-hydrogen) atoms. The second-order valence-electron chi connectivity index (χ2n) is 15.1. The Kier molecular flexibility index (Phi) is 8.00. The first kappa shape index (κ1) is 34.3. The molecule has 0 N–H and O–H groups in total. The maximum Gasteiger partial charge on any atom is 0.160 e. The van der Waals surface area contributed by atoms with E-state index in [0.717, 1.165) is 93.6 Å². The van der Waals surface area contributed by atoms with Crippen molar-refractivity contribution >= 4 is 64.4 Å². The molecule has 0 fully saturated rings. The van der Waals surface area contributed by atoms with E-state index in [0.29, 0.717) is 5.82 Å². The Labute approximate surface area is 349 Å². The van der Waals surface area contributed by atoms with Crippen LogP contribution in [0.5, 0.6) is 0 Å². The van der Waals surface area contributed by atoms with Gasteiger partial charge in [-0.15, -0.1) is 11.3 Å². The summed E-state index contributed by atoms with van der Waals surface area (Å²) < 4.78 is 9.05. The Morgan fingerprint density at radius 3 is 1.80 bits per heavy atom. The quantitative estimate of drug-likeness (QED) is 0.169. The second-order valence-corrected chi connectivity index (χ2v) is 16.2. The number of rotatable bonds is 6. The third kappa shape index (κ3) is 5.78. The molecule has 4 nitrogen and oxygen atoms in total. The molecule has 12 rings (SSSR count). The third-order valence-electron chi connectivity index (χ3n) is 11.5. The minimum absolute atomic E-state index is 0.664. The number of benzene rings is 8. The molecule has 0 aliphatic rings. The lowest BCUT2D eigenvalue weighted by molar-refractivity contribution is 0.670. The van der Waals surface area contributed by atoms with E-state index in [1.807, 2.05) is 36.4 Å². The van der Waals surface area contributed by atoms with Gasteiger partial charge in [0.15, 0.2) is 5.82 Å². The summed E-state index contributed by atoms with van der Waals surface area (Å²) >= 11 is 1.80. The molecule has 4 heterocycles. The number of pyridine rings is 1. The molecule has 0 aliphatic carbocycles. The molecule has 0 saturated carbocycles. The summed E-state index contributed by atoms with van der Waals surface area (Å²) in [5.74, 6) is 0.664. The zero-order valence-corrected chi connectivity index (χ0v) is 33.0. The molecule has 4 aromatic heterocycles. The van der Waals surface area contributed by atoms with Crippen LogP contribution in [0.2, 0.25) is 0 Å². The summed E-state index contributed by atoms with van der Waals surface area (Å²) in [5, 5.41) is 5.81. The van der Waals surface area contributed by atoms with Crippen LogP contribution in [0.3, 0.4) is 0 Å². The van der Waals surface area contributed by atoms with Gasteiger partial charge in [-0.1, -0.05) is 158 Å². The largest absolute Gasteiger partial charge is 0.455 e. The predicted octanol–water partition coefficient (Wildman–Crippen LogP) is 15.3. The Bertz CT molecular complexity index is 3590. The van der Waals surface area contributed by atoms with E-state index in [9.17, 15) is 0 Å². The lowest BCUT2D eigenvalue weighted by atomic mass is 9.94. The zero-order chi connectivity index (χ0) is 39.6. The van der Waals surface area contributed by atoms with E-state index < -0.39 is 0 Å². The van der Waals surface area contributed by atoms with Crippen molar-refractivity contribution in [3.05, 3.63) is 200 Å². The minimum atomic E-state index is 0.664. The second kappa shape index (κ2) is 14.0. The lowest BCUT2D eigenvalue weighted by Gasteiger charge is -2.14. The van der Waals surface area contributed by atoms with Gasteiger partial charge in [-0.3, -0.25) is 0 Å². The van der Waals surface area contributed by atoms with Crippen molar-refractivity contribution in [2.75, 3.05) is 0 Å². The number of hydrogen-bond donors (Lipinski definition) is 0. The summed E-state index contributed by atoms with van der Waals surface area (Å²) in [4.78, 5) is 16.0. The molecule has 12 aromatic rings. The monoisotopic (exact) mass is 783 g/mol. The van der Waals surface area contributed by atoms with Crippen molar-refractivity contribution in [1.29, 1.82) is 0 Å². The first-order valence-corrected chi connectivity index (χ1v) is 20.9. The highest BCUT2D eigenvalue weighted by Gasteiger charge is 2.20. The van der Waals surface area contributed by atoms with E-state index in [4.69, 9.17) is 19.4 Å². The molecule has 0 aliphatic heterocycles. The number of thiophene rings is 1. The van der Waals surface area contributed by atoms with Crippen LogP contribution in [0.1, 0.15) is 0 Å². The third-order valence-corrected chi connectivity index (χ3v) is 12.7. The van der Waals surface area contributed by atoms with Crippen molar-refractivity contribution in [2.24, 2.45) is 0 Å². The van der Waals surface area contributed by atoms with Crippen molar-refractivity contribution in [1.82, 2.24) is 15.0 Å². The fourth-order valence-corrected chi connectivity index (χ4v) is 9.82. The predicted molar refractivity (Wildman–Crippen MR) is 250 cm³/mol. The van der Waals surface area contributed by atoms with Gasteiger partial charge >= 0.3 is 0 Å². The smallest absolute Gasteiger partial charge is 0.160 e. The summed E-state index contributed by atoms with van der Waals surface area (Å²) in [6, 6.07) is 70.1. The number of para-hydroxylation sites is 3. The van der Waals surface area contributed by atoms with E-state index in [2.05, 4.69) is 164 Å². The highest BCUT2D eigenvalue weighted by molar-refractivity contribution is 7.26. The lowest BCUT2D eigenvalue weighted by Crippen LogP contribution is -1.97. The molecular formula is C55H33N3OS. The average Bonchev–Trinajstić information content (AvgIpc) is 3.91. The van der Waals surface area contributed by atoms with Crippen molar-refractivity contribution < 1.29 is 4.42 Å². The maximum absolute atomic E-state index is 6.65. The van der Waals surface area contributed by atoms with E-state index >= 15 is 0 Å². The van der Waals surface area contributed by atoms with Gasteiger partial charge < -0.3 is 4.42 Å². The molecule has 5 heteroatoms. The Morgan fingerprint density at radius 2 is 0.983 bits per heavy atom. The van der Waals surface area contributed by atoms with Gasteiger partial charge in [0, 0.05) is 59.4 Å². The molecule has 0 radical (unpaired) electrons. The number of furan rings is 1. The van der Waals surface area contributed by atoms with Crippen LogP contribution in [0.25, 0.3) is 120 Å². The van der Waals surface area contributed by atoms with Crippen LogP contribution in [0.4, 0.5) is 0 Å². The highest BCUT2D eigenvalue weighted by atomic mass is 32.1.